The Morgan fingerprint density at radius 2 is 0.887 bits per heavy atom. The van der Waals surface area contributed by atoms with Gasteiger partial charge in [0.2, 0.25) is 0 Å². The van der Waals surface area contributed by atoms with Crippen LogP contribution in [0.4, 0.5) is 0 Å². The molecule has 0 fully saturated rings. The smallest absolute Gasteiger partial charge is 0.181 e. The van der Waals surface area contributed by atoms with E-state index in [1.807, 2.05) is 36.4 Å². The molecular weight excluding hydrogens is 651 g/mol. The maximum atomic E-state index is 6.98. The first-order chi connectivity index (χ1) is 26.0. The van der Waals surface area contributed by atoms with Crippen LogP contribution in [0.15, 0.2) is 164 Å². The highest BCUT2D eigenvalue weighted by molar-refractivity contribution is 5.89. The summed E-state index contributed by atoms with van der Waals surface area (Å²) in [6.45, 7) is 4.53. The van der Waals surface area contributed by atoms with Crippen LogP contribution in [0.25, 0.3) is 67.5 Å². The van der Waals surface area contributed by atoms with Gasteiger partial charge in [-0.25, -0.2) is 15.0 Å². The van der Waals surface area contributed by atoms with Crippen LogP contribution < -0.4 is 9.47 Å². The third kappa shape index (κ3) is 5.20. The zero-order valence-electron chi connectivity index (χ0n) is 29.2. The number of para-hydroxylation sites is 1. The monoisotopic (exact) mass is 683 g/mol. The third-order valence-corrected chi connectivity index (χ3v) is 10.4. The van der Waals surface area contributed by atoms with Crippen molar-refractivity contribution in [3.05, 3.63) is 175 Å². The standard InChI is InChI=1S/C48H33N3O2/c1-48(2)38-24-10-9-22-36(38)42-39(48)26-27-41-44(42)53-43-37(23-13-25-40(43)52-41)47-50-45(34-20-11-18-32(28-34)30-14-5-3-6-15-30)49-46(51-47)35-21-12-19-33(29-35)31-16-7-4-8-17-31/h3-29H,1-2H3. The lowest BCUT2D eigenvalue weighted by Gasteiger charge is -2.26. The number of nitrogens with zero attached hydrogens (tertiary/aromatic N) is 3. The summed E-state index contributed by atoms with van der Waals surface area (Å²) in [5, 5.41) is 0. The lowest BCUT2D eigenvalue weighted by molar-refractivity contribution is 0.361. The number of rotatable bonds is 5. The number of benzene rings is 7. The summed E-state index contributed by atoms with van der Waals surface area (Å²) in [5.41, 5.74) is 11.4. The summed E-state index contributed by atoms with van der Waals surface area (Å²) in [6.07, 6.45) is 0. The minimum Gasteiger partial charge on any atom is -0.449 e. The minimum absolute atomic E-state index is 0.176. The van der Waals surface area contributed by atoms with Crippen LogP contribution in [0.1, 0.15) is 25.0 Å². The van der Waals surface area contributed by atoms with Gasteiger partial charge in [-0.05, 0) is 69.3 Å². The fourth-order valence-electron chi connectivity index (χ4n) is 7.71. The van der Waals surface area contributed by atoms with Gasteiger partial charge in [0.05, 0.1) is 5.56 Å². The quantitative estimate of drug-likeness (QED) is 0.181. The molecule has 252 valence electrons. The van der Waals surface area contributed by atoms with Gasteiger partial charge in [-0.15, -0.1) is 0 Å². The summed E-state index contributed by atoms with van der Waals surface area (Å²) in [7, 11) is 0. The van der Waals surface area contributed by atoms with Crippen molar-refractivity contribution in [1.29, 1.82) is 0 Å². The van der Waals surface area contributed by atoms with Gasteiger partial charge in [-0.2, -0.15) is 0 Å². The molecule has 5 nitrogen and oxygen atoms in total. The van der Waals surface area contributed by atoms with E-state index in [0.717, 1.165) is 50.1 Å². The van der Waals surface area contributed by atoms with Gasteiger partial charge in [0, 0.05) is 22.1 Å². The number of hydrogen-bond donors (Lipinski definition) is 0. The lowest BCUT2D eigenvalue weighted by atomic mass is 9.82. The average Bonchev–Trinajstić information content (AvgIpc) is 3.46. The SMILES string of the molecule is CC1(C)c2ccccc2-c2c1ccc1c2Oc2c(cccc2-c2nc(-c3cccc(-c4ccccc4)c3)nc(-c3cccc(-c4ccccc4)c3)n2)O1. The highest BCUT2D eigenvalue weighted by Crippen LogP contribution is 2.59. The second-order valence-corrected chi connectivity index (χ2v) is 14.0. The van der Waals surface area contributed by atoms with E-state index in [1.165, 1.54) is 11.1 Å². The Hall–Kier alpha value is -6.85. The Balaban J connectivity index is 1.14. The van der Waals surface area contributed by atoms with Crippen molar-refractivity contribution in [2.45, 2.75) is 19.3 Å². The van der Waals surface area contributed by atoms with Crippen LogP contribution >= 0.6 is 0 Å². The first kappa shape index (κ1) is 30.9. The Labute approximate surface area is 308 Å². The van der Waals surface area contributed by atoms with Crippen molar-refractivity contribution in [3.8, 4) is 90.5 Å². The van der Waals surface area contributed by atoms with E-state index in [4.69, 9.17) is 24.4 Å². The molecule has 1 aliphatic heterocycles. The Bertz CT molecular complexity index is 2600. The topological polar surface area (TPSA) is 57.1 Å². The van der Waals surface area contributed by atoms with Crippen LogP contribution in [0.5, 0.6) is 23.0 Å². The second kappa shape index (κ2) is 12.1. The fourth-order valence-corrected chi connectivity index (χ4v) is 7.71. The van der Waals surface area contributed by atoms with Gasteiger partial charge in [0.1, 0.15) is 0 Å². The third-order valence-electron chi connectivity index (χ3n) is 10.4. The predicted octanol–water partition coefficient (Wildman–Crippen LogP) is 12.4. The molecule has 2 heterocycles. The van der Waals surface area contributed by atoms with Gasteiger partial charge >= 0.3 is 0 Å². The van der Waals surface area contributed by atoms with Crippen molar-refractivity contribution in [2.24, 2.45) is 0 Å². The van der Waals surface area contributed by atoms with Crippen molar-refractivity contribution in [3.63, 3.8) is 0 Å². The molecule has 5 heteroatoms. The van der Waals surface area contributed by atoms with E-state index in [1.54, 1.807) is 0 Å². The molecule has 0 saturated carbocycles. The van der Waals surface area contributed by atoms with Crippen LogP contribution in [0, 0.1) is 0 Å². The number of fused-ring (bicyclic) bond motifs is 6. The Kier molecular flexibility index (Phi) is 7.08. The number of ether oxygens (including phenoxy) is 2. The molecule has 10 rings (SSSR count). The lowest BCUT2D eigenvalue weighted by Crippen LogP contribution is -2.15. The molecule has 1 aliphatic carbocycles. The molecule has 0 amide bonds. The molecular formula is C48H33N3O2. The molecule has 0 saturated heterocycles. The van der Waals surface area contributed by atoms with Gasteiger partial charge < -0.3 is 9.47 Å². The van der Waals surface area contributed by atoms with Crippen molar-refractivity contribution < 1.29 is 9.47 Å². The van der Waals surface area contributed by atoms with Crippen molar-refractivity contribution >= 4 is 0 Å². The molecule has 2 aliphatic rings. The molecule has 1 aromatic heterocycles. The van der Waals surface area contributed by atoms with Crippen LogP contribution in [-0.2, 0) is 5.41 Å². The average molecular weight is 684 g/mol. The molecule has 0 spiro atoms. The zero-order valence-corrected chi connectivity index (χ0v) is 29.2. The molecule has 0 atom stereocenters. The molecule has 0 radical (unpaired) electrons. The second-order valence-electron chi connectivity index (χ2n) is 14.0. The summed E-state index contributed by atoms with van der Waals surface area (Å²) in [6, 6.07) is 56.0. The molecule has 7 aromatic carbocycles. The highest BCUT2D eigenvalue weighted by Gasteiger charge is 2.40. The van der Waals surface area contributed by atoms with E-state index in [0.29, 0.717) is 40.5 Å². The molecule has 0 N–H and O–H groups in total. The predicted molar refractivity (Wildman–Crippen MR) is 211 cm³/mol. The van der Waals surface area contributed by atoms with E-state index in [-0.39, 0.29) is 5.41 Å². The maximum absolute atomic E-state index is 6.98. The first-order valence-electron chi connectivity index (χ1n) is 17.9. The van der Waals surface area contributed by atoms with E-state index in [9.17, 15) is 0 Å². The summed E-state index contributed by atoms with van der Waals surface area (Å²) < 4.78 is 13.6. The molecule has 0 unspecified atom stereocenters. The van der Waals surface area contributed by atoms with Crippen LogP contribution in [0.2, 0.25) is 0 Å². The highest BCUT2D eigenvalue weighted by atomic mass is 16.6. The van der Waals surface area contributed by atoms with Crippen molar-refractivity contribution in [2.75, 3.05) is 0 Å². The van der Waals surface area contributed by atoms with Gasteiger partial charge in [-0.1, -0.05) is 147 Å². The molecule has 53 heavy (non-hydrogen) atoms. The van der Waals surface area contributed by atoms with E-state index in [2.05, 4.69) is 141 Å². The summed E-state index contributed by atoms with van der Waals surface area (Å²) >= 11 is 0. The zero-order chi connectivity index (χ0) is 35.5. The first-order valence-corrected chi connectivity index (χ1v) is 17.9. The molecule has 0 bridgehead atoms. The fraction of sp³-hybridized carbons (Fsp3) is 0.0625. The number of hydrogen-bond acceptors (Lipinski definition) is 5. The van der Waals surface area contributed by atoms with Crippen LogP contribution in [-0.4, -0.2) is 15.0 Å². The molecule has 8 aromatic rings. The van der Waals surface area contributed by atoms with E-state index >= 15 is 0 Å². The summed E-state index contributed by atoms with van der Waals surface area (Å²) in [5.74, 6) is 4.22. The van der Waals surface area contributed by atoms with Gasteiger partial charge in [-0.3, -0.25) is 0 Å². The minimum atomic E-state index is -0.176. The Morgan fingerprint density at radius 1 is 0.377 bits per heavy atom. The van der Waals surface area contributed by atoms with Gasteiger partial charge in [0.15, 0.2) is 40.5 Å². The summed E-state index contributed by atoms with van der Waals surface area (Å²) in [4.78, 5) is 15.4. The van der Waals surface area contributed by atoms with Crippen molar-refractivity contribution in [1.82, 2.24) is 15.0 Å². The van der Waals surface area contributed by atoms with E-state index < -0.39 is 0 Å². The largest absolute Gasteiger partial charge is 0.449 e. The van der Waals surface area contributed by atoms with Crippen LogP contribution in [0.3, 0.4) is 0 Å². The normalized spacial score (nSPS) is 13.2. The van der Waals surface area contributed by atoms with Gasteiger partial charge in [0.25, 0.3) is 0 Å². The number of aromatic nitrogens is 3. The maximum Gasteiger partial charge on any atom is 0.181 e. The Morgan fingerprint density at radius 3 is 1.55 bits per heavy atom.